The van der Waals surface area contributed by atoms with Crippen molar-refractivity contribution >= 4 is 23.4 Å². The van der Waals surface area contributed by atoms with Gasteiger partial charge in [-0.15, -0.1) is 0 Å². The summed E-state index contributed by atoms with van der Waals surface area (Å²) in [5.74, 6) is -0.784. The highest BCUT2D eigenvalue weighted by molar-refractivity contribution is 7.03. The SMILES string of the molecule is Cc1nscc1C(=O)N1CCC(C)CC1C(=O)O. The molecule has 1 N–H and O–H groups in total. The standard InChI is InChI=1S/C12H16N2O3S/c1-7-3-4-14(10(5-7)12(16)17)11(15)9-6-18-13-8(9)2/h6-7,10H,3-5H2,1-2H3,(H,16,17). The molecule has 5 nitrogen and oxygen atoms in total. The maximum absolute atomic E-state index is 12.3. The lowest BCUT2D eigenvalue weighted by Crippen LogP contribution is -2.49. The van der Waals surface area contributed by atoms with E-state index in [-0.39, 0.29) is 5.91 Å². The highest BCUT2D eigenvalue weighted by Gasteiger charge is 2.35. The van der Waals surface area contributed by atoms with Crippen LogP contribution in [0.2, 0.25) is 0 Å². The molecule has 0 bridgehead atoms. The monoisotopic (exact) mass is 268 g/mol. The van der Waals surface area contributed by atoms with E-state index in [9.17, 15) is 14.7 Å². The summed E-state index contributed by atoms with van der Waals surface area (Å²) < 4.78 is 4.06. The quantitative estimate of drug-likeness (QED) is 0.887. The molecule has 0 saturated carbocycles. The zero-order valence-corrected chi connectivity index (χ0v) is 11.2. The normalized spacial score (nSPS) is 24.0. The average Bonchev–Trinajstić information content (AvgIpc) is 2.74. The Balaban J connectivity index is 2.23. The Morgan fingerprint density at radius 2 is 2.28 bits per heavy atom. The third kappa shape index (κ3) is 2.38. The number of amides is 1. The largest absolute Gasteiger partial charge is 0.480 e. The molecule has 2 atom stereocenters. The number of carbonyl (C=O) groups is 2. The number of carbonyl (C=O) groups excluding carboxylic acids is 1. The summed E-state index contributed by atoms with van der Waals surface area (Å²) >= 11 is 1.22. The summed E-state index contributed by atoms with van der Waals surface area (Å²) in [4.78, 5) is 25.1. The summed E-state index contributed by atoms with van der Waals surface area (Å²) in [5, 5.41) is 10.9. The maximum atomic E-state index is 12.3. The lowest BCUT2D eigenvalue weighted by Gasteiger charge is -2.35. The molecule has 2 rings (SSSR count). The molecule has 1 aromatic rings. The predicted molar refractivity (Wildman–Crippen MR) is 67.7 cm³/mol. The van der Waals surface area contributed by atoms with Gasteiger partial charge in [-0.1, -0.05) is 6.92 Å². The van der Waals surface area contributed by atoms with E-state index in [0.29, 0.717) is 30.1 Å². The van der Waals surface area contributed by atoms with E-state index in [1.165, 1.54) is 16.4 Å². The minimum Gasteiger partial charge on any atom is -0.480 e. The minimum absolute atomic E-state index is 0.208. The third-order valence-electron chi connectivity index (χ3n) is 3.39. The summed E-state index contributed by atoms with van der Waals surface area (Å²) in [7, 11) is 0. The zero-order chi connectivity index (χ0) is 13.3. The number of hydrogen-bond donors (Lipinski definition) is 1. The number of nitrogens with zero attached hydrogens (tertiary/aromatic N) is 2. The molecule has 98 valence electrons. The van der Waals surface area contributed by atoms with Crippen molar-refractivity contribution in [1.29, 1.82) is 0 Å². The highest BCUT2D eigenvalue weighted by atomic mass is 32.1. The second-order valence-corrected chi connectivity index (χ2v) is 5.42. The van der Waals surface area contributed by atoms with Crippen LogP contribution in [0.3, 0.4) is 0 Å². The van der Waals surface area contributed by atoms with Crippen molar-refractivity contribution in [3.05, 3.63) is 16.6 Å². The first-order valence-corrected chi connectivity index (χ1v) is 6.79. The van der Waals surface area contributed by atoms with Crippen LogP contribution in [0.25, 0.3) is 0 Å². The van der Waals surface area contributed by atoms with Crippen molar-refractivity contribution in [3.8, 4) is 0 Å². The number of aliphatic carboxylic acids is 1. The van der Waals surface area contributed by atoms with Crippen LogP contribution in [-0.2, 0) is 4.79 Å². The Morgan fingerprint density at radius 3 is 2.83 bits per heavy atom. The number of piperidine rings is 1. The number of aromatic nitrogens is 1. The Kier molecular flexibility index (Phi) is 3.65. The molecule has 0 radical (unpaired) electrons. The van der Waals surface area contributed by atoms with E-state index in [4.69, 9.17) is 0 Å². The molecule has 0 aliphatic carbocycles. The van der Waals surface area contributed by atoms with Gasteiger partial charge in [0.05, 0.1) is 11.3 Å². The fourth-order valence-corrected chi connectivity index (χ4v) is 2.96. The molecular weight excluding hydrogens is 252 g/mol. The molecule has 1 aliphatic heterocycles. The smallest absolute Gasteiger partial charge is 0.326 e. The second-order valence-electron chi connectivity index (χ2n) is 4.80. The Bertz CT molecular complexity index is 472. The van der Waals surface area contributed by atoms with Gasteiger partial charge >= 0.3 is 5.97 Å². The topological polar surface area (TPSA) is 70.5 Å². The Labute approximate surface area is 110 Å². The van der Waals surface area contributed by atoms with Crippen LogP contribution < -0.4 is 0 Å². The zero-order valence-electron chi connectivity index (χ0n) is 10.4. The number of carboxylic acids is 1. The average molecular weight is 268 g/mol. The molecule has 1 fully saturated rings. The van der Waals surface area contributed by atoms with Crippen molar-refractivity contribution in [2.45, 2.75) is 32.7 Å². The molecule has 2 unspecified atom stereocenters. The van der Waals surface area contributed by atoms with Gasteiger partial charge in [-0.3, -0.25) is 4.79 Å². The minimum atomic E-state index is -0.921. The summed E-state index contributed by atoms with van der Waals surface area (Å²) in [6.07, 6.45) is 1.38. The van der Waals surface area contributed by atoms with Gasteiger partial charge in [0, 0.05) is 11.9 Å². The molecule has 1 saturated heterocycles. The summed E-state index contributed by atoms with van der Waals surface area (Å²) in [6, 6.07) is -0.708. The van der Waals surface area contributed by atoms with Gasteiger partial charge in [-0.2, -0.15) is 4.37 Å². The van der Waals surface area contributed by atoms with Crippen LogP contribution in [0.1, 0.15) is 35.8 Å². The van der Waals surface area contributed by atoms with Crippen LogP contribution in [0.5, 0.6) is 0 Å². The molecule has 1 amide bonds. The molecule has 0 aromatic carbocycles. The lowest BCUT2D eigenvalue weighted by atomic mass is 9.92. The number of carboxylic acid groups (broad SMARTS) is 1. The molecule has 18 heavy (non-hydrogen) atoms. The third-order valence-corrected chi connectivity index (χ3v) is 4.11. The number of aryl methyl sites for hydroxylation is 1. The van der Waals surface area contributed by atoms with Crippen molar-refractivity contribution in [2.24, 2.45) is 5.92 Å². The molecule has 0 spiro atoms. The summed E-state index contributed by atoms with van der Waals surface area (Å²) in [5.41, 5.74) is 1.20. The molecule has 1 aliphatic rings. The highest BCUT2D eigenvalue weighted by Crippen LogP contribution is 2.25. The summed E-state index contributed by atoms with van der Waals surface area (Å²) in [6.45, 7) is 4.30. The first-order chi connectivity index (χ1) is 8.50. The van der Waals surface area contributed by atoms with E-state index >= 15 is 0 Å². The Hall–Kier alpha value is -1.43. The number of hydrogen-bond acceptors (Lipinski definition) is 4. The van der Waals surface area contributed by atoms with E-state index in [1.54, 1.807) is 12.3 Å². The lowest BCUT2D eigenvalue weighted by molar-refractivity contribution is -0.144. The van der Waals surface area contributed by atoms with Crippen LogP contribution in [0.15, 0.2) is 5.38 Å². The van der Waals surface area contributed by atoms with Crippen molar-refractivity contribution < 1.29 is 14.7 Å². The van der Waals surface area contributed by atoms with Gasteiger partial charge in [0.2, 0.25) is 0 Å². The first-order valence-electron chi connectivity index (χ1n) is 5.95. The van der Waals surface area contributed by atoms with Crippen molar-refractivity contribution in [3.63, 3.8) is 0 Å². The van der Waals surface area contributed by atoms with Crippen molar-refractivity contribution in [1.82, 2.24) is 9.27 Å². The van der Waals surface area contributed by atoms with Crippen LogP contribution in [-0.4, -0.2) is 38.8 Å². The van der Waals surface area contributed by atoms with Gasteiger partial charge < -0.3 is 10.0 Å². The predicted octanol–water partition coefficient (Wildman–Crippen LogP) is 1.78. The first kappa shape index (κ1) is 13.0. The van der Waals surface area contributed by atoms with Crippen LogP contribution in [0.4, 0.5) is 0 Å². The van der Waals surface area contributed by atoms with E-state index in [2.05, 4.69) is 4.37 Å². The fraction of sp³-hybridized carbons (Fsp3) is 0.583. The van der Waals surface area contributed by atoms with Gasteiger partial charge in [0.1, 0.15) is 6.04 Å². The van der Waals surface area contributed by atoms with E-state index < -0.39 is 12.0 Å². The fourth-order valence-electron chi connectivity index (χ4n) is 2.27. The molecular formula is C12H16N2O3S. The second kappa shape index (κ2) is 5.06. The van der Waals surface area contributed by atoms with E-state index in [0.717, 1.165) is 6.42 Å². The van der Waals surface area contributed by atoms with E-state index in [1.807, 2.05) is 6.92 Å². The molecule has 1 aromatic heterocycles. The molecule has 2 heterocycles. The van der Waals surface area contributed by atoms with Gasteiger partial charge in [-0.05, 0) is 37.2 Å². The van der Waals surface area contributed by atoms with Crippen molar-refractivity contribution in [2.75, 3.05) is 6.54 Å². The maximum Gasteiger partial charge on any atom is 0.326 e. The van der Waals surface area contributed by atoms with Gasteiger partial charge in [-0.25, -0.2) is 4.79 Å². The Morgan fingerprint density at radius 1 is 1.56 bits per heavy atom. The van der Waals surface area contributed by atoms with Crippen LogP contribution in [0, 0.1) is 12.8 Å². The van der Waals surface area contributed by atoms with Gasteiger partial charge in [0.25, 0.3) is 5.91 Å². The molecule has 6 heteroatoms. The number of likely N-dealkylation sites (tertiary alicyclic amines) is 1. The van der Waals surface area contributed by atoms with Gasteiger partial charge in [0.15, 0.2) is 0 Å². The van der Waals surface area contributed by atoms with Crippen LogP contribution >= 0.6 is 11.5 Å². The number of rotatable bonds is 2.